The summed E-state index contributed by atoms with van der Waals surface area (Å²) < 4.78 is 23.5. The molecule has 1 saturated carbocycles. The van der Waals surface area contributed by atoms with Gasteiger partial charge in [0.25, 0.3) is 0 Å². The van der Waals surface area contributed by atoms with Gasteiger partial charge in [-0.25, -0.2) is 8.42 Å². The second-order valence-corrected chi connectivity index (χ2v) is 12.3. The Morgan fingerprint density at radius 2 is 1.52 bits per heavy atom. The SMILES string of the molecule is CC(C)(C)S(=O)(=O)CCCCCCCc1ccc(NC(=O)C2CCCCC2)cc1. The minimum absolute atomic E-state index is 0.172. The third kappa shape index (κ3) is 8.12. The van der Waals surface area contributed by atoms with Gasteiger partial charge in [-0.3, -0.25) is 4.79 Å². The molecule has 0 aliphatic heterocycles. The Hall–Kier alpha value is -1.36. The van der Waals surface area contributed by atoms with Crippen LogP contribution in [0.25, 0.3) is 0 Å². The fourth-order valence-electron chi connectivity index (χ4n) is 3.82. The minimum atomic E-state index is -2.98. The number of rotatable bonds is 10. The van der Waals surface area contributed by atoms with Gasteiger partial charge in [0.2, 0.25) is 5.91 Å². The molecule has 164 valence electrons. The topological polar surface area (TPSA) is 63.2 Å². The lowest BCUT2D eigenvalue weighted by Gasteiger charge is -2.20. The highest BCUT2D eigenvalue weighted by molar-refractivity contribution is 7.92. The van der Waals surface area contributed by atoms with Crippen molar-refractivity contribution in [2.75, 3.05) is 11.1 Å². The summed E-state index contributed by atoms with van der Waals surface area (Å²) in [6, 6.07) is 8.22. The van der Waals surface area contributed by atoms with E-state index in [4.69, 9.17) is 0 Å². The van der Waals surface area contributed by atoms with E-state index >= 15 is 0 Å². The molecule has 0 radical (unpaired) electrons. The number of unbranched alkanes of at least 4 members (excludes halogenated alkanes) is 4. The van der Waals surface area contributed by atoms with Crippen LogP contribution < -0.4 is 5.32 Å². The van der Waals surface area contributed by atoms with E-state index in [0.29, 0.717) is 5.75 Å². The van der Waals surface area contributed by atoms with Crippen molar-refractivity contribution in [3.8, 4) is 0 Å². The van der Waals surface area contributed by atoms with Crippen LogP contribution >= 0.6 is 0 Å². The average Bonchev–Trinajstić information content (AvgIpc) is 2.68. The number of amides is 1. The monoisotopic (exact) mass is 421 g/mol. The molecular weight excluding hydrogens is 382 g/mol. The zero-order valence-electron chi connectivity index (χ0n) is 18.5. The maximum atomic E-state index is 12.3. The molecule has 1 amide bonds. The molecule has 4 nitrogen and oxygen atoms in total. The molecule has 5 heteroatoms. The van der Waals surface area contributed by atoms with Gasteiger partial charge < -0.3 is 5.32 Å². The van der Waals surface area contributed by atoms with Crippen LogP contribution in [-0.2, 0) is 21.1 Å². The lowest BCUT2D eigenvalue weighted by atomic mass is 9.88. The van der Waals surface area contributed by atoms with Gasteiger partial charge in [0, 0.05) is 11.6 Å². The fraction of sp³-hybridized carbons (Fsp3) is 0.708. The molecule has 0 saturated heterocycles. The number of anilines is 1. The number of hydrogen-bond donors (Lipinski definition) is 1. The van der Waals surface area contributed by atoms with E-state index < -0.39 is 14.6 Å². The molecule has 0 heterocycles. The maximum absolute atomic E-state index is 12.3. The summed E-state index contributed by atoms with van der Waals surface area (Å²) in [6.45, 7) is 5.32. The molecule has 1 aliphatic carbocycles. The number of carbonyl (C=O) groups is 1. The molecule has 1 aromatic carbocycles. The van der Waals surface area contributed by atoms with Crippen LogP contribution in [0.1, 0.15) is 90.5 Å². The summed E-state index contributed by atoms with van der Waals surface area (Å²) in [6.07, 6.45) is 11.7. The Bertz CT molecular complexity index is 726. The molecule has 1 aliphatic rings. The molecule has 1 N–H and O–H groups in total. The van der Waals surface area contributed by atoms with Crippen molar-refractivity contribution in [2.24, 2.45) is 5.92 Å². The number of benzene rings is 1. The van der Waals surface area contributed by atoms with Gasteiger partial charge in [0.1, 0.15) is 0 Å². The van der Waals surface area contributed by atoms with Gasteiger partial charge in [0.15, 0.2) is 9.84 Å². The van der Waals surface area contributed by atoms with E-state index in [1.54, 1.807) is 20.8 Å². The van der Waals surface area contributed by atoms with Gasteiger partial charge in [0.05, 0.1) is 10.5 Å². The second kappa shape index (κ2) is 11.1. The number of sulfone groups is 1. The lowest BCUT2D eigenvalue weighted by Crippen LogP contribution is -2.30. The van der Waals surface area contributed by atoms with Crippen molar-refractivity contribution >= 4 is 21.4 Å². The first-order valence-electron chi connectivity index (χ1n) is 11.3. The average molecular weight is 422 g/mol. The molecule has 0 spiro atoms. The van der Waals surface area contributed by atoms with E-state index in [-0.39, 0.29) is 11.8 Å². The summed E-state index contributed by atoms with van der Waals surface area (Å²) in [7, 11) is -2.98. The molecule has 1 aromatic rings. The number of nitrogens with one attached hydrogen (secondary N) is 1. The van der Waals surface area contributed by atoms with E-state index in [1.165, 1.54) is 24.8 Å². The standard InChI is InChI=1S/C24H39NO3S/c1-24(2,3)29(27,28)19-11-6-4-5-8-12-20-15-17-22(18-16-20)25-23(26)21-13-9-7-10-14-21/h15-18,21H,4-14,19H2,1-3H3,(H,25,26). The van der Waals surface area contributed by atoms with Crippen molar-refractivity contribution in [3.63, 3.8) is 0 Å². The Balaban J connectivity index is 1.61. The highest BCUT2D eigenvalue weighted by Gasteiger charge is 2.27. The van der Waals surface area contributed by atoms with Gasteiger partial charge >= 0.3 is 0 Å². The predicted octanol–water partition coefficient (Wildman–Crippen LogP) is 5.91. The van der Waals surface area contributed by atoms with E-state index in [2.05, 4.69) is 17.4 Å². The molecule has 1 fully saturated rings. The molecule has 2 rings (SSSR count). The normalized spacial score (nSPS) is 16.0. The van der Waals surface area contributed by atoms with Crippen molar-refractivity contribution < 1.29 is 13.2 Å². The van der Waals surface area contributed by atoms with E-state index in [1.807, 2.05) is 12.1 Å². The first-order valence-corrected chi connectivity index (χ1v) is 13.0. The van der Waals surface area contributed by atoms with Gasteiger partial charge in [-0.1, -0.05) is 50.7 Å². The van der Waals surface area contributed by atoms with Gasteiger partial charge in [-0.2, -0.15) is 0 Å². The Morgan fingerprint density at radius 1 is 0.931 bits per heavy atom. The van der Waals surface area contributed by atoms with Crippen molar-refractivity contribution in [2.45, 2.75) is 96.1 Å². The van der Waals surface area contributed by atoms with Gasteiger partial charge in [-0.05, 0) is 70.6 Å². The third-order valence-corrected chi connectivity index (χ3v) is 8.70. The summed E-state index contributed by atoms with van der Waals surface area (Å²) in [5, 5.41) is 3.06. The number of hydrogen-bond acceptors (Lipinski definition) is 3. The van der Waals surface area contributed by atoms with Gasteiger partial charge in [-0.15, -0.1) is 0 Å². The highest BCUT2D eigenvalue weighted by atomic mass is 32.2. The summed E-state index contributed by atoms with van der Waals surface area (Å²) in [4.78, 5) is 12.3. The van der Waals surface area contributed by atoms with Crippen molar-refractivity contribution in [1.82, 2.24) is 0 Å². The molecular formula is C24H39NO3S. The first-order chi connectivity index (χ1) is 13.7. The Labute approximate surface area is 177 Å². The van der Waals surface area contributed by atoms with Crippen molar-refractivity contribution in [3.05, 3.63) is 29.8 Å². The Morgan fingerprint density at radius 3 is 2.14 bits per heavy atom. The molecule has 0 atom stereocenters. The number of carbonyl (C=O) groups excluding carboxylic acids is 1. The quantitative estimate of drug-likeness (QED) is 0.478. The van der Waals surface area contributed by atoms with Crippen LogP contribution in [0.4, 0.5) is 5.69 Å². The predicted molar refractivity (Wildman–Crippen MR) is 122 cm³/mol. The molecule has 29 heavy (non-hydrogen) atoms. The third-order valence-electron chi connectivity index (χ3n) is 6.01. The van der Waals surface area contributed by atoms with E-state index in [0.717, 1.165) is 57.1 Å². The highest BCUT2D eigenvalue weighted by Crippen LogP contribution is 2.25. The fourth-order valence-corrected chi connectivity index (χ4v) is 5.02. The van der Waals surface area contributed by atoms with Crippen LogP contribution in [0.5, 0.6) is 0 Å². The lowest BCUT2D eigenvalue weighted by molar-refractivity contribution is -0.120. The van der Waals surface area contributed by atoms with E-state index in [9.17, 15) is 13.2 Å². The van der Waals surface area contributed by atoms with Crippen LogP contribution in [0.15, 0.2) is 24.3 Å². The second-order valence-electron chi connectivity index (χ2n) is 9.47. The van der Waals surface area contributed by atoms with Crippen LogP contribution in [0.2, 0.25) is 0 Å². The molecule has 0 unspecified atom stereocenters. The van der Waals surface area contributed by atoms with Crippen LogP contribution in [0, 0.1) is 5.92 Å². The largest absolute Gasteiger partial charge is 0.326 e. The number of aryl methyl sites for hydroxylation is 1. The minimum Gasteiger partial charge on any atom is -0.326 e. The summed E-state index contributed by atoms with van der Waals surface area (Å²) >= 11 is 0. The molecule has 0 aromatic heterocycles. The Kier molecular flexibility index (Phi) is 9.19. The van der Waals surface area contributed by atoms with Crippen LogP contribution in [-0.4, -0.2) is 24.8 Å². The van der Waals surface area contributed by atoms with Crippen LogP contribution in [0.3, 0.4) is 0 Å². The maximum Gasteiger partial charge on any atom is 0.227 e. The summed E-state index contributed by atoms with van der Waals surface area (Å²) in [5.74, 6) is 0.651. The summed E-state index contributed by atoms with van der Waals surface area (Å²) in [5.41, 5.74) is 2.18. The first kappa shape index (κ1) is 23.9. The zero-order chi connectivity index (χ0) is 21.3. The van der Waals surface area contributed by atoms with Crippen molar-refractivity contribution in [1.29, 1.82) is 0 Å². The zero-order valence-corrected chi connectivity index (χ0v) is 19.3. The smallest absolute Gasteiger partial charge is 0.227 e. The molecule has 0 bridgehead atoms.